The summed E-state index contributed by atoms with van der Waals surface area (Å²) in [6, 6.07) is 5.54. The van der Waals surface area contributed by atoms with Gasteiger partial charge in [-0.2, -0.15) is 0 Å². The summed E-state index contributed by atoms with van der Waals surface area (Å²) in [5, 5.41) is 0.213. The Morgan fingerprint density at radius 3 is 2.54 bits per heavy atom. The van der Waals surface area contributed by atoms with E-state index in [4.69, 9.17) is 23.2 Å². The number of hydrogen-bond acceptors (Lipinski definition) is 1. The number of halogens is 2. The lowest BCUT2D eigenvalue weighted by Gasteiger charge is -2.01. The van der Waals surface area contributed by atoms with Crippen molar-refractivity contribution in [1.29, 1.82) is 0 Å². The van der Waals surface area contributed by atoms with Gasteiger partial charge >= 0.3 is 0 Å². The predicted molar refractivity (Wildman–Crippen MR) is 57.5 cm³/mol. The molecule has 13 heavy (non-hydrogen) atoms. The van der Waals surface area contributed by atoms with Crippen LogP contribution >= 0.6 is 23.2 Å². The summed E-state index contributed by atoms with van der Waals surface area (Å²) in [4.78, 5) is 10.6. The highest BCUT2D eigenvalue weighted by Crippen LogP contribution is 2.18. The maximum atomic E-state index is 10.6. The van der Waals surface area contributed by atoms with Crippen LogP contribution in [0.5, 0.6) is 0 Å². The van der Waals surface area contributed by atoms with Gasteiger partial charge in [0, 0.05) is 11.4 Å². The van der Waals surface area contributed by atoms with E-state index in [2.05, 4.69) is 0 Å². The lowest BCUT2D eigenvalue weighted by atomic mass is 10.1. The van der Waals surface area contributed by atoms with Crippen LogP contribution in [-0.2, 0) is 11.2 Å². The van der Waals surface area contributed by atoms with Gasteiger partial charge in [0.05, 0.1) is 0 Å². The molecule has 0 fully saturated rings. The van der Waals surface area contributed by atoms with Gasteiger partial charge in [-0.15, -0.1) is 0 Å². The highest BCUT2D eigenvalue weighted by Gasteiger charge is 2.03. The lowest BCUT2D eigenvalue weighted by Crippen LogP contribution is -1.94. The van der Waals surface area contributed by atoms with Crippen LogP contribution in [0, 0.1) is 6.92 Å². The van der Waals surface area contributed by atoms with Gasteiger partial charge in [0.2, 0.25) is 5.24 Å². The third kappa shape index (κ3) is 3.79. The molecule has 3 heteroatoms. The van der Waals surface area contributed by atoms with E-state index in [9.17, 15) is 4.79 Å². The Bertz CT molecular complexity index is 308. The van der Waals surface area contributed by atoms with E-state index in [0.717, 1.165) is 11.1 Å². The fourth-order valence-corrected chi connectivity index (χ4v) is 1.39. The van der Waals surface area contributed by atoms with E-state index in [0.29, 0.717) is 5.02 Å². The van der Waals surface area contributed by atoms with E-state index < -0.39 is 0 Å². The van der Waals surface area contributed by atoms with Crippen LogP contribution in [0.25, 0.3) is 0 Å². The molecule has 0 radical (unpaired) electrons. The van der Waals surface area contributed by atoms with Crippen molar-refractivity contribution in [3.8, 4) is 0 Å². The van der Waals surface area contributed by atoms with Crippen molar-refractivity contribution in [1.82, 2.24) is 0 Å². The summed E-state index contributed by atoms with van der Waals surface area (Å²) in [7, 11) is 0. The monoisotopic (exact) mass is 218 g/mol. The summed E-state index contributed by atoms with van der Waals surface area (Å²) < 4.78 is 0. The second-order valence-corrected chi connectivity index (χ2v) is 3.46. The van der Waals surface area contributed by atoms with Crippen LogP contribution in [-0.4, -0.2) is 5.24 Å². The molecule has 0 aromatic heterocycles. The SMILES string of the molecule is C.Cc1ccc(CC(=O)Cl)c(Cl)c1. The lowest BCUT2D eigenvalue weighted by molar-refractivity contribution is -0.111. The number of benzene rings is 1. The third-order valence-corrected chi connectivity index (χ3v) is 2.02. The summed E-state index contributed by atoms with van der Waals surface area (Å²) >= 11 is 11.1. The molecule has 0 aliphatic carbocycles. The van der Waals surface area contributed by atoms with E-state index in [-0.39, 0.29) is 19.1 Å². The van der Waals surface area contributed by atoms with E-state index >= 15 is 0 Å². The zero-order chi connectivity index (χ0) is 9.14. The quantitative estimate of drug-likeness (QED) is 0.694. The fourth-order valence-electron chi connectivity index (χ4n) is 0.945. The Labute approximate surface area is 88.7 Å². The molecule has 1 aromatic rings. The van der Waals surface area contributed by atoms with Gasteiger partial charge in [-0.3, -0.25) is 4.79 Å². The average molecular weight is 219 g/mol. The second kappa shape index (κ2) is 5.25. The molecular formula is C10H12Cl2O. The van der Waals surface area contributed by atoms with Crippen molar-refractivity contribution in [2.45, 2.75) is 20.8 Å². The molecule has 0 aliphatic heterocycles. The van der Waals surface area contributed by atoms with Gasteiger partial charge < -0.3 is 0 Å². The van der Waals surface area contributed by atoms with Crippen LogP contribution in [0.1, 0.15) is 18.6 Å². The topological polar surface area (TPSA) is 17.1 Å². The Kier molecular flexibility index (Phi) is 5.04. The molecule has 1 aromatic carbocycles. The van der Waals surface area contributed by atoms with Crippen LogP contribution < -0.4 is 0 Å². The molecule has 0 saturated heterocycles. The Hall–Kier alpha value is -0.530. The number of rotatable bonds is 2. The Morgan fingerprint density at radius 2 is 2.08 bits per heavy atom. The van der Waals surface area contributed by atoms with Crippen LogP contribution in [0.4, 0.5) is 0 Å². The van der Waals surface area contributed by atoms with Crippen molar-refractivity contribution in [2.24, 2.45) is 0 Å². The molecule has 0 heterocycles. The predicted octanol–water partition coefficient (Wildman–Crippen LogP) is 3.59. The summed E-state index contributed by atoms with van der Waals surface area (Å²) in [6.07, 6.45) is 0.195. The maximum Gasteiger partial charge on any atom is 0.226 e. The first kappa shape index (κ1) is 12.5. The van der Waals surface area contributed by atoms with Crippen LogP contribution in [0.2, 0.25) is 5.02 Å². The summed E-state index contributed by atoms with van der Waals surface area (Å²) in [6.45, 7) is 1.94. The standard InChI is InChI=1S/C9H8Cl2O.CH4/c1-6-2-3-7(5-9(11)12)8(10)4-6;/h2-4H,5H2,1H3;1H4. The normalized spacial score (nSPS) is 9.15. The van der Waals surface area contributed by atoms with E-state index in [1.807, 2.05) is 25.1 Å². The summed E-state index contributed by atoms with van der Waals surface area (Å²) in [5.74, 6) is 0. The molecule has 1 rings (SSSR count). The smallest absolute Gasteiger partial charge is 0.226 e. The molecule has 0 unspecified atom stereocenters. The minimum absolute atomic E-state index is 0. The van der Waals surface area contributed by atoms with Crippen molar-refractivity contribution < 1.29 is 4.79 Å². The van der Waals surface area contributed by atoms with Gasteiger partial charge in [-0.25, -0.2) is 0 Å². The molecular weight excluding hydrogens is 207 g/mol. The van der Waals surface area contributed by atoms with Gasteiger partial charge in [0.15, 0.2) is 0 Å². The number of carbonyl (C=O) groups excluding carboxylic acids is 1. The van der Waals surface area contributed by atoms with Crippen molar-refractivity contribution in [2.75, 3.05) is 0 Å². The molecule has 0 spiro atoms. The highest BCUT2D eigenvalue weighted by atomic mass is 35.5. The molecule has 0 saturated carbocycles. The van der Waals surface area contributed by atoms with Crippen LogP contribution in [0.15, 0.2) is 18.2 Å². The zero-order valence-electron chi connectivity index (χ0n) is 6.60. The maximum absolute atomic E-state index is 10.6. The molecule has 0 bridgehead atoms. The molecule has 72 valence electrons. The minimum Gasteiger partial charge on any atom is -0.281 e. The first-order chi connectivity index (χ1) is 5.59. The first-order valence-electron chi connectivity index (χ1n) is 3.53. The first-order valence-corrected chi connectivity index (χ1v) is 4.28. The Morgan fingerprint density at radius 1 is 1.46 bits per heavy atom. The largest absolute Gasteiger partial charge is 0.281 e. The molecule has 0 atom stereocenters. The van der Waals surface area contributed by atoms with Gasteiger partial charge in [0.1, 0.15) is 0 Å². The number of hydrogen-bond donors (Lipinski definition) is 0. The molecule has 0 aliphatic rings. The van der Waals surface area contributed by atoms with Crippen molar-refractivity contribution in [3.05, 3.63) is 34.3 Å². The number of carbonyl (C=O) groups is 1. The van der Waals surface area contributed by atoms with Crippen molar-refractivity contribution in [3.63, 3.8) is 0 Å². The molecule has 0 amide bonds. The second-order valence-electron chi connectivity index (χ2n) is 2.63. The number of aryl methyl sites for hydroxylation is 1. The van der Waals surface area contributed by atoms with Gasteiger partial charge in [-0.1, -0.05) is 31.2 Å². The third-order valence-electron chi connectivity index (χ3n) is 1.54. The van der Waals surface area contributed by atoms with E-state index in [1.165, 1.54) is 0 Å². The highest BCUT2D eigenvalue weighted by molar-refractivity contribution is 6.63. The molecule has 1 nitrogen and oxygen atoms in total. The Balaban J connectivity index is 0.00000144. The minimum atomic E-state index is -0.388. The van der Waals surface area contributed by atoms with Gasteiger partial charge in [0.25, 0.3) is 0 Å². The summed E-state index contributed by atoms with van der Waals surface area (Å²) in [5.41, 5.74) is 1.85. The zero-order valence-corrected chi connectivity index (χ0v) is 8.12. The van der Waals surface area contributed by atoms with Gasteiger partial charge in [-0.05, 0) is 35.7 Å². The van der Waals surface area contributed by atoms with Crippen LogP contribution in [0.3, 0.4) is 0 Å². The van der Waals surface area contributed by atoms with Crippen molar-refractivity contribution >= 4 is 28.4 Å². The fraction of sp³-hybridized carbons (Fsp3) is 0.300. The van der Waals surface area contributed by atoms with E-state index in [1.54, 1.807) is 0 Å². The average Bonchev–Trinajstić information content (AvgIpc) is 1.94. The molecule has 0 N–H and O–H groups in total.